The Morgan fingerprint density at radius 3 is 2.83 bits per heavy atom. The predicted octanol–water partition coefficient (Wildman–Crippen LogP) is 3.01. The zero-order valence-corrected chi connectivity index (χ0v) is 13.8. The summed E-state index contributed by atoms with van der Waals surface area (Å²) in [4.78, 5) is 21.9. The van der Waals surface area contributed by atoms with Crippen LogP contribution in [-0.2, 0) is 27.8 Å². The van der Waals surface area contributed by atoms with Gasteiger partial charge in [-0.25, -0.2) is 14.4 Å². The highest BCUT2D eigenvalue weighted by Crippen LogP contribution is 2.43. The third-order valence-electron chi connectivity index (χ3n) is 5.24. The molecule has 0 unspecified atom stereocenters. The first-order valence-electron chi connectivity index (χ1n) is 8.24. The lowest BCUT2D eigenvalue weighted by molar-refractivity contribution is -0.147. The third-order valence-corrected chi connectivity index (χ3v) is 5.24. The first-order valence-corrected chi connectivity index (χ1v) is 8.24. The average Bonchev–Trinajstić information content (AvgIpc) is 3.36. The van der Waals surface area contributed by atoms with E-state index in [9.17, 15) is 9.18 Å². The van der Waals surface area contributed by atoms with Crippen LogP contribution in [0, 0.1) is 12.7 Å². The minimum absolute atomic E-state index is 0.309. The number of esters is 1. The number of methoxy groups -OCH3 is 1. The van der Waals surface area contributed by atoms with Gasteiger partial charge in [0.25, 0.3) is 0 Å². The number of ether oxygens (including phenoxy) is 1. The van der Waals surface area contributed by atoms with Crippen molar-refractivity contribution in [2.75, 3.05) is 7.11 Å². The van der Waals surface area contributed by atoms with Crippen molar-refractivity contribution >= 4 is 5.97 Å². The Morgan fingerprint density at radius 1 is 1.33 bits per heavy atom. The Bertz CT molecular complexity index is 832. The van der Waals surface area contributed by atoms with Gasteiger partial charge in [-0.2, -0.15) is 0 Å². The number of carbonyl (C=O) groups is 1. The number of fused-ring (bicyclic) bond motifs is 1. The van der Waals surface area contributed by atoms with E-state index in [1.807, 2.05) is 12.3 Å². The maximum absolute atomic E-state index is 14.1. The van der Waals surface area contributed by atoms with Gasteiger partial charge < -0.3 is 4.74 Å². The van der Waals surface area contributed by atoms with E-state index in [0.717, 1.165) is 29.9 Å². The van der Waals surface area contributed by atoms with Crippen molar-refractivity contribution in [3.05, 3.63) is 58.4 Å². The molecule has 0 amide bonds. The van der Waals surface area contributed by atoms with Crippen LogP contribution in [0.3, 0.4) is 0 Å². The summed E-state index contributed by atoms with van der Waals surface area (Å²) >= 11 is 0. The second-order valence-electron chi connectivity index (χ2n) is 6.81. The van der Waals surface area contributed by atoms with Crippen molar-refractivity contribution in [3.8, 4) is 0 Å². The summed E-state index contributed by atoms with van der Waals surface area (Å²) in [6.07, 6.45) is 4.97. The maximum Gasteiger partial charge on any atom is 0.317 e. The smallest absolute Gasteiger partial charge is 0.317 e. The fraction of sp³-hybridized carbons (Fsp3) is 0.421. The van der Waals surface area contributed by atoms with E-state index >= 15 is 0 Å². The normalized spacial score (nSPS) is 22.3. The van der Waals surface area contributed by atoms with Crippen molar-refractivity contribution in [1.82, 2.24) is 9.97 Å². The minimum atomic E-state index is -0.917. The van der Waals surface area contributed by atoms with Crippen LogP contribution in [0.25, 0.3) is 0 Å². The number of hydrogen-bond acceptors (Lipinski definition) is 4. The zero-order valence-electron chi connectivity index (χ0n) is 13.8. The predicted molar refractivity (Wildman–Crippen MR) is 86.2 cm³/mol. The zero-order chi connectivity index (χ0) is 16.9. The van der Waals surface area contributed by atoms with Gasteiger partial charge in [-0.15, -0.1) is 0 Å². The molecular formula is C19H19FN2O2. The molecule has 4 nitrogen and oxygen atoms in total. The van der Waals surface area contributed by atoms with Crippen molar-refractivity contribution in [3.63, 3.8) is 0 Å². The summed E-state index contributed by atoms with van der Waals surface area (Å²) in [6, 6.07) is 4.88. The number of rotatable bonds is 3. The van der Waals surface area contributed by atoms with Gasteiger partial charge in [-0.1, -0.05) is 12.1 Å². The van der Waals surface area contributed by atoms with Gasteiger partial charge in [-0.05, 0) is 48.9 Å². The molecule has 1 aromatic carbocycles. The molecule has 0 aliphatic heterocycles. The standard InChI is InChI=1S/C19H19FN2O2/c1-11-14(4-3-5-15(11)20)19(18(23)24-2)8-13-10-21-17(12-6-7-12)22-16(13)9-19/h3-5,10,12H,6-9H2,1-2H3/t19-/m1/s1. The van der Waals surface area contributed by atoms with Crippen LogP contribution in [0.15, 0.2) is 24.4 Å². The second-order valence-corrected chi connectivity index (χ2v) is 6.81. The first-order chi connectivity index (χ1) is 11.5. The SMILES string of the molecule is COC(=O)[C@]1(c2cccc(F)c2C)Cc2cnc(C3CC3)nc2C1. The van der Waals surface area contributed by atoms with Crippen LogP contribution in [0.4, 0.5) is 4.39 Å². The number of halogens is 1. The van der Waals surface area contributed by atoms with Gasteiger partial charge in [0.1, 0.15) is 17.1 Å². The molecule has 5 heteroatoms. The van der Waals surface area contributed by atoms with E-state index < -0.39 is 5.41 Å². The monoisotopic (exact) mass is 326 g/mol. The molecule has 0 N–H and O–H groups in total. The molecule has 1 saturated carbocycles. The van der Waals surface area contributed by atoms with Gasteiger partial charge in [0.15, 0.2) is 0 Å². The third kappa shape index (κ3) is 2.22. The Labute approximate surface area is 140 Å². The molecule has 2 aliphatic rings. The van der Waals surface area contributed by atoms with Crippen LogP contribution < -0.4 is 0 Å². The van der Waals surface area contributed by atoms with E-state index in [-0.39, 0.29) is 11.8 Å². The molecule has 1 atom stereocenters. The number of aromatic nitrogens is 2. The van der Waals surface area contributed by atoms with Crippen molar-refractivity contribution < 1.29 is 13.9 Å². The summed E-state index contributed by atoms with van der Waals surface area (Å²) in [5, 5.41) is 0. The molecule has 0 spiro atoms. The van der Waals surface area contributed by atoms with Crippen LogP contribution in [0.2, 0.25) is 0 Å². The van der Waals surface area contributed by atoms with Crippen LogP contribution in [0.1, 0.15) is 47.0 Å². The second kappa shape index (κ2) is 5.36. The molecule has 24 heavy (non-hydrogen) atoms. The Balaban J connectivity index is 1.82. The minimum Gasteiger partial charge on any atom is -0.468 e. The first kappa shape index (κ1) is 15.2. The lowest BCUT2D eigenvalue weighted by atomic mass is 9.76. The van der Waals surface area contributed by atoms with Crippen LogP contribution >= 0.6 is 0 Å². The average molecular weight is 326 g/mol. The largest absolute Gasteiger partial charge is 0.468 e. The van der Waals surface area contributed by atoms with Gasteiger partial charge in [0.2, 0.25) is 0 Å². The molecule has 2 aliphatic carbocycles. The van der Waals surface area contributed by atoms with E-state index in [4.69, 9.17) is 9.72 Å². The van der Waals surface area contributed by atoms with Gasteiger partial charge in [0.05, 0.1) is 7.11 Å². The lowest BCUT2D eigenvalue weighted by Crippen LogP contribution is -2.38. The molecule has 1 fully saturated rings. The van der Waals surface area contributed by atoms with Gasteiger partial charge in [0, 0.05) is 24.2 Å². The quantitative estimate of drug-likeness (QED) is 0.814. The van der Waals surface area contributed by atoms with Crippen LogP contribution in [-0.4, -0.2) is 23.0 Å². The molecule has 4 rings (SSSR count). The Hall–Kier alpha value is -2.30. The highest BCUT2D eigenvalue weighted by molar-refractivity contribution is 5.85. The van der Waals surface area contributed by atoms with Gasteiger partial charge >= 0.3 is 5.97 Å². The summed E-state index contributed by atoms with van der Waals surface area (Å²) in [5.41, 5.74) is 2.10. The maximum atomic E-state index is 14.1. The number of hydrogen-bond donors (Lipinski definition) is 0. The fourth-order valence-corrected chi connectivity index (χ4v) is 3.74. The summed E-state index contributed by atoms with van der Waals surface area (Å²) in [7, 11) is 1.38. The van der Waals surface area contributed by atoms with E-state index in [2.05, 4.69) is 4.98 Å². The topological polar surface area (TPSA) is 52.1 Å². The van der Waals surface area contributed by atoms with Crippen LogP contribution in [0.5, 0.6) is 0 Å². The lowest BCUT2D eigenvalue weighted by Gasteiger charge is -2.28. The fourth-order valence-electron chi connectivity index (χ4n) is 3.74. The molecule has 1 aromatic heterocycles. The Morgan fingerprint density at radius 2 is 2.12 bits per heavy atom. The highest BCUT2D eigenvalue weighted by Gasteiger charge is 2.48. The molecule has 2 aromatic rings. The molecule has 124 valence electrons. The molecule has 0 saturated heterocycles. The van der Waals surface area contributed by atoms with Gasteiger partial charge in [-0.3, -0.25) is 4.79 Å². The van der Waals surface area contributed by atoms with E-state index in [1.54, 1.807) is 13.0 Å². The molecular weight excluding hydrogens is 307 g/mol. The Kier molecular flexibility index (Phi) is 3.41. The molecule has 0 bridgehead atoms. The van der Waals surface area contributed by atoms with E-state index in [1.165, 1.54) is 13.2 Å². The number of benzene rings is 1. The molecule has 1 heterocycles. The summed E-state index contributed by atoms with van der Waals surface area (Å²) in [6.45, 7) is 1.71. The van der Waals surface area contributed by atoms with Crippen molar-refractivity contribution in [2.45, 2.75) is 43.9 Å². The highest BCUT2D eigenvalue weighted by atomic mass is 19.1. The molecule has 0 radical (unpaired) electrons. The van der Waals surface area contributed by atoms with Crippen molar-refractivity contribution in [1.29, 1.82) is 0 Å². The summed E-state index contributed by atoms with van der Waals surface area (Å²) in [5.74, 6) is 0.670. The number of nitrogens with zero attached hydrogens (tertiary/aromatic N) is 2. The van der Waals surface area contributed by atoms with E-state index in [0.29, 0.717) is 29.9 Å². The number of carbonyl (C=O) groups excluding carboxylic acids is 1. The summed E-state index contributed by atoms with van der Waals surface area (Å²) < 4.78 is 19.2. The van der Waals surface area contributed by atoms with Crippen molar-refractivity contribution in [2.24, 2.45) is 0 Å².